The fraction of sp³-hybridized carbons (Fsp3) is 0.500. The SMILES string of the molecule is CCOC(=O)/C(C)=C/OC(C)=O. The first-order chi connectivity index (χ1) is 5.57. The molecule has 0 aliphatic heterocycles. The van der Waals surface area contributed by atoms with Crippen LogP contribution in [0.4, 0.5) is 0 Å². The van der Waals surface area contributed by atoms with Gasteiger partial charge in [-0.05, 0) is 13.8 Å². The molecule has 0 N–H and O–H groups in total. The van der Waals surface area contributed by atoms with Crippen LogP contribution in [0.3, 0.4) is 0 Å². The lowest BCUT2D eigenvalue weighted by molar-refractivity contribution is -0.139. The molecule has 0 bridgehead atoms. The van der Waals surface area contributed by atoms with Crippen molar-refractivity contribution in [3.63, 3.8) is 0 Å². The van der Waals surface area contributed by atoms with Crippen LogP contribution in [0.2, 0.25) is 0 Å². The Morgan fingerprint density at radius 3 is 2.33 bits per heavy atom. The molecular formula is C8H12O4. The molecule has 0 atom stereocenters. The van der Waals surface area contributed by atoms with Gasteiger partial charge in [-0.15, -0.1) is 0 Å². The van der Waals surface area contributed by atoms with E-state index in [-0.39, 0.29) is 5.57 Å². The highest BCUT2D eigenvalue weighted by atomic mass is 16.5. The van der Waals surface area contributed by atoms with E-state index in [4.69, 9.17) is 0 Å². The average Bonchev–Trinajstić information content (AvgIpc) is 2.00. The predicted molar refractivity (Wildman–Crippen MR) is 42.2 cm³/mol. The second kappa shape index (κ2) is 5.35. The Balaban J connectivity index is 3.99. The van der Waals surface area contributed by atoms with Crippen LogP contribution in [0, 0.1) is 0 Å². The van der Waals surface area contributed by atoms with Crippen molar-refractivity contribution in [1.29, 1.82) is 0 Å². The first kappa shape index (κ1) is 10.7. The summed E-state index contributed by atoms with van der Waals surface area (Å²) in [6.07, 6.45) is 1.08. The van der Waals surface area contributed by atoms with Crippen molar-refractivity contribution in [1.82, 2.24) is 0 Å². The van der Waals surface area contributed by atoms with E-state index < -0.39 is 11.9 Å². The van der Waals surface area contributed by atoms with E-state index in [2.05, 4.69) is 9.47 Å². The van der Waals surface area contributed by atoms with Crippen LogP contribution in [0.25, 0.3) is 0 Å². The number of hydrogen-bond donors (Lipinski definition) is 0. The van der Waals surface area contributed by atoms with Gasteiger partial charge in [-0.1, -0.05) is 0 Å². The number of carbonyl (C=O) groups is 2. The Morgan fingerprint density at radius 2 is 1.92 bits per heavy atom. The highest BCUT2D eigenvalue weighted by Gasteiger charge is 2.04. The van der Waals surface area contributed by atoms with E-state index in [0.29, 0.717) is 6.61 Å². The van der Waals surface area contributed by atoms with Gasteiger partial charge >= 0.3 is 11.9 Å². The fourth-order valence-corrected chi connectivity index (χ4v) is 0.464. The van der Waals surface area contributed by atoms with E-state index >= 15 is 0 Å². The molecule has 0 aliphatic carbocycles. The normalized spacial score (nSPS) is 10.8. The summed E-state index contributed by atoms with van der Waals surface area (Å²) >= 11 is 0. The molecule has 0 heterocycles. The van der Waals surface area contributed by atoms with E-state index in [1.807, 2.05) is 0 Å². The molecule has 0 unspecified atom stereocenters. The summed E-state index contributed by atoms with van der Waals surface area (Å²) in [5.41, 5.74) is 0.270. The van der Waals surface area contributed by atoms with Crippen molar-refractivity contribution in [3.05, 3.63) is 11.8 Å². The van der Waals surface area contributed by atoms with Crippen molar-refractivity contribution in [2.24, 2.45) is 0 Å². The van der Waals surface area contributed by atoms with Crippen LogP contribution in [0.5, 0.6) is 0 Å². The molecule has 0 saturated heterocycles. The minimum absolute atomic E-state index is 0.270. The molecule has 0 aromatic rings. The molecule has 0 aliphatic rings. The number of ether oxygens (including phenoxy) is 2. The number of esters is 2. The van der Waals surface area contributed by atoms with Gasteiger partial charge in [0, 0.05) is 6.92 Å². The molecule has 0 radical (unpaired) electrons. The van der Waals surface area contributed by atoms with Gasteiger partial charge in [-0.3, -0.25) is 4.79 Å². The highest BCUT2D eigenvalue weighted by Crippen LogP contribution is 1.96. The number of carbonyl (C=O) groups excluding carboxylic acids is 2. The largest absolute Gasteiger partial charge is 0.463 e. The smallest absolute Gasteiger partial charge is 0.336 e. The van der Waals surface area contributed by atoms with E-state index in [0.717, 1.165) is 6.26 Å². The first-order valence-corrected chi connectivity index (χ1v) is 3.59. The van der Waals surface area contributed by atoms with Gasteiger partial charge in [0.25, 0.3) is 0 Å². The molecule has 0 aromatic carbocycles. The third-order valence-corrected chi connectivity index (χ3v) is 0.999. The van der Waals surface area contributed by atoms with Gasteiger partial charge in [0.2, 0.25) is 0 Å². The summed E-state index contributed by atoms with van der Waals surface area (Å²) < 4.78 is 9.11. The summed E-state index contributed by atoms with van der Waals surface area (Å²) in [7, 11) is 0. The van der Waals surface area contributed by atoms with Crippen molar-refractivity contribution < 1.29 is 19.1 Å². The van der Waals surface area contributed by atoms with Gasteiger partial charge in [-0.2, -0.15) is 0 Å². The van der Waals surface area contributed by atoms with Crippen LogP contribution in [-0.4, -0.2) is 18.5 Å². The Morgan fingerprint density at radius 1 is 1.33 bits per heavy atom. The van der Waals surface area contributed by atoms with Crippen LogP contribution in [0.1, 0.15) is 20.8 Å². The quantitative estimate of drug-likeness (QED) is 0.362. The monoisotopic (exact) mass is 172 g/mol. The third-order valence-electron chi connectivity index (χ3n) is 0.999. The second-order valence-electron chi connectivity index (χ2n) is 2.13. The van der Waals surface area contributed by atoms with Crippen molar-refractivity contribution in [2.45, 2.75) is 20.8 Å². The van der Waals surface area contributed by atoms with Crippen molar-refractivity contribution in [2.75, 3.05) is 6.61 Å². The van der Waals surface area contributed by atoms with Crippen molar-refractivity contribution in [3.8, 4) is 0 Å². The maximum Gasteiger partial charge on any atom is 0.336 e. The average molecular weight is 172 g/mol. The Hall–Kier alpha value is -1.32. The Bertz CT molecular complexity index is 205. The summed E-state index contributed by atoms with van der Waals surface area (Å²) in [5.74, 6) is -0.933. The zero-order valence-corrected chi connectivity index (χ0v) is 7.42. The highest BCUT2D eigenvalue weighted by molar-refractivity contribution is 5.87. The van der Waals surface area contributed by atoms with Crippen LogP contribution >= 0.6 is 0 Å². The number of rotatable bonds is 3. The molecule has 0 saturated carbocycles. The second-order valence-corrected chi connectivity index (χ2v) is 2.13. The first-order valence-electron chi connectivity index (χ1n) is 3.59. The molecule has 0 amide bonds. The van der Waals surface area contributed by atoms with Gasteiger partial charge in [0.05, 0.1) is 12.2 Å². The molecule has 4 nitrogen and oxygen atoms in total. The maximum absolute atomic E-state index is 10.9. The van der Waals surface area contributed by atoms with Gasteiger partial charge in [0.1, 0.15) is 6.26 Å². The molecular weight excluding hydrogens is 160 g/mol. The summed E-state index contributed by atoms with van der Waals surface area (Å²) in [4.78, 5) is 21.2. The Labute approximate surface area is 71.2 Å². The minimum atomic E-state index is -0.473. The lowest BCUT2D eigenvalue weighted by Gasteiger charge is -2.00. The van der Waals surface area contributed by atoms with Crippen LogP contribution in [-0.2, 0) is 19.1 Å². The van der Waals surface area contributed by atoms with Gasteiger partial charge in [0.15, 0.2) is 0 Å². The topological polar surface area (TPSA) is 52.6 Å². The van der Waals surface area contributed by atoms with Gasteiger partial charge < -0.3 is 9.47 Å². The third kappa shape index (κ3) is 4.49. The van der Waals surface area contributed by atoms with Crippen LogP contribution < -0.4 is 0 Å². The van der Waals surface area contributed by atoms with Crippen molar-refractivity contribution >= 4 is 11.9 Å². The summed E-state index contributed by atoms with van der Waals surface area (Å²) in [5, 5.41) is 0. The lowest BCUT2D eigenvalue weighted by Crippen LogP contribution is -2.06. The standard InChI is InChI=1S/C8H12O4/c1-4-11-8(10)6(2)5-12-7(3)9/h5H,4H2,1-3H3/b6-5+. The minimum Gasteiger partial charge on any atom is -0.463 e. The zero-order chi connectivity index (χ0) is 9.56. The zero-order valence-electron chi connectivity index (χ0n) is 7.42. The van der Waals surface area contributed by atoms with E-state index in [9.17, 15) is 9.59 Å². The lowest BCUT2D eigenvalue weighted by atomic mass is 10.3. The van der Waals surface area contributed by atoms with Gasteiger partial charge in [-0.25, -0.2) is 4.79 Å². The molecule has 68 valence electrons. The molecule has 0 rings (SSSR count). The summed E-state index contributed by atoms with van der Waals surface area (Å²) in [6.45, 7) is 4.79. The molecule has 0 fully saturated rings. The summed E-state index contributed by atoms with van der Waals surface area (Å²) in [6, 6.07) is 0. The molecule has 0 spiro atoms. The van der Waals surface area contributed by atoms with Crippen LogP contribution in [0.15, 0.2) is 11.8 Å². The van der Waals surface area contributed by atoms with E-state index in [1.54, 1.807) is 6.92 Å². The molecule has 12 heavy (non-hydrogen) atoms. The fourth-order valence-electron chi connectivity index (χ4n) is 0.464. The number of hydrogen-bond acceptors (Lipinski definition) is 4. The Kier molecular flexibility index (Phi) is 4.76. The molecule has 4 heteroatoms. The predicted octanol–water partition coefficient (Wildman–Crippen LogP) is 1.02. The molecule has 0 aromatic heterocycles. The maximum atomic E-state index is 10.9. The van der Waals surface area contributed by atoms with E-state index in [1.165, 1.54) is 13.8 Å².